The van der Waals surface area contributed by atoms with Gasteiger partial charge in [0.15, 0.2) is 0 Å². The van der Waals surface area contributed by atoms with E-state index in [2.05, 4.69) is 0 Å². The molecule has 1 atom stereocenters. The number of hydrogen-bond acceptors (Lipinski definition) is 4. The molecule has 1 unspecified atom stereocenters. The van der Waals surface area contributed by atoms with Crippen LogP contribution in [0.4, 0.5) is 0 Å². The Kier molecular flexibility index (Phi) is 2.69. The largest absolute Gasteiger partial charge is 0.480 e. The molecule has 1 fully saturated rings. The van der Waals surface area contributed by atoms with Gasteiger partial charge in [0.1, 0.15) is 10.9 Å². The van der Waals surface area contributed by atoms with Crippen LogP contribution in [-0.2, 0) is 9.59 Å². The first-order valence-corrected chi connectivity index (χ1v) is 4.55. The zero-order chi connectivity index (χ0) is 9.30. The van der Waals surface area contributed by atoms with Crippen molar-refractivity contribution in [2.24, 2.45) is 0 Å². The van der Waals surface area contributed by atoms with Crippen LogP contribution in [0, 0.1) is 0 Å². The van der Waals surface area contributed by atoms with Crippen LogP contribution in [0.2, 0.25) is 0 Å². The second-order valence-electron chi connectivity index (χ2n) is 2.34. The summed E-state index contributed by atoms with van der Waals surface area (Å²) < 4.78 is 0.356. The van der Waals surface area contributed by atoms with Crippen molar-refractivity contribution in [1.82, 2.24) is 4.90 Å². The van der Waals surface area contributed by atoms with Gasteiger partial charge in [-0.15, -0.1) is 0 Å². The molecule has 1 aliphatic heterocycles. The number of carboxylic acids is 1. The zero-order valence-electron chi connectivity index (χ0n) is 6.31. The highest BCUT2D eigenvalue weighted by Crippen LogP contribution is 2.26. The van der Waals surface area contributed by atoms with Crippen molar-refractivity contribution in [3.63, 3.8) is 0 Å². The van der Waals surface area contributed by atoms with Gasteiger partial charge in [0, 0.05) is 0 Å². The summed E-state index contributed by atoms with van der Waals surface area (Å²) in [6.07, 6.45) is 0. The van der Waals surface area contributed by atoms with Gasteiger partial charge < -0.3 is 5.11 Å². The summed E-state index contributed by atoms with van der Waals surface area (Å²) in [5.74, 6) is -1.26. The highest BCUT2D eigenvalue weighted by Gasteiger charge is 2.34. The molecule has 12 heavy (non-hydrogen) atoms. The molecule has 1 N–H and O–H groups in total. The molecule has 0 bridgehead atoms. The van der Waals surface area contributed by atoms with Crippen molar-refractivity contribution in [2.75, 3.05) is 6.54 Å². The summed E-state index contributed by atoms with van der Waals surface area (Å²) in [4.78, 5) is 22.6. The number of thioether (sulfide) groups is 1. The average molecular weight is 205 g/mol. The first-order chi connectivity index (χ1) is 5.52. The Balaban J connectivity index is 2.70. The van der Waals surface area contributed by atoms with E-state index in [1.165, 1.54) is 11.8 Å². The Labute approximate surface area is 78.9 Å². The van der Waals surface area contributed by atoms with Gasteiger partial charge in [-0.3, -0.25) is 14.5 Å². The summed E-state index contributed by atoms with van der Waals surface area (Å²) in [6.45, 7) is 1.39. The molecule has 1 rings (SSSR count). The Morgan fingerprint density at radius 1 is 1.83 bits per heavy atom. The molecule has 0 spiro atoms. The van der Waals surface area contributed by atoms with Gasteiger partial charge >= 0.3 is 5.97 Å². The molecule has 1 aliphatic rings. The van der Waals surface area contributed by atoms with E-state index in [-0.39, 0.29) is 17.7 Å². The smallest absolute Gasteiger partial charge is 0.323 e. The van der Waals surface area contributed by atoms with Crippen LogP contribution in [0.5, 0.6) is 0 Å². The van der Waals surface area contributed by atoms with Crippen LogP contribution in [0.3, 0.4) is 0 Å². The van der Waals surface area contributed by atoms with E-state index in [4.69, 9.17) is 17.3 Å². The Hall–Kier alpha value is -0.620. The van der Waals surface area contributed by atoms with Crippen LogP contribution in [-0.4, -0.2) is 38.0 Å². The maximum atomic E-state index is 11.2. The van der Waals surface area contributed by atoms with E-state index >= 15 is 0 Å². The molecule has 0 aliphatic carbocycles. The Bertz CT molecular complexity index is 253. The van der Waals surface area contributed by atoms with E-state index in [9.17, 15) is 9.59 Å². The van der Waals surface area contributed by atoms with Crippen molar-refractivity contribution in [1.29, 1.82) is 0 Å². The van der Waals surface area contributed by atoms with Gasteiger partial charge in [0.05, 0.1) is 5.25 Å². The normalized spacial score (nSPS) is 23.4. The highest BCUT2D eigenvalue weighted by molar-refractivity contribution is 8.24. The predicted octanol–water partition coefficient (Wildman–Crippen LogP) is 0.320. The van der Waals surface area contributed by atoms with Crippen LogP contribution in [0.1, 0.15) is 6.92 Å². The van der Waals surface area contributed by atoms with Crippen LogP contribution in [0.15, 0.2) is 0 Å². The van der Waals surface area contributed by atoms with Crippen LogP contribution >= 0.6 is 24.0 Å². The third-order valence-corrected chi connectivity index (χ3v) is 2.89. The lowest BCUT2D eigenvalue weighted by Crippen LogP contribution is -2.35. The van der Waals surface area contributed by atoms with Gasteiger partial charge in [-0.1, -0.05) is 24.0 Å². The zero-order valence-corrected chi connectivity index (χ0v) is 7.94. The maximum absolute atomic E-state index is 11.2. The molecule has 0 aromatic carbocycles. The van der Waals surface area contributed by atoms with Gasteiger partial charge in [0.2, 0.25) is 5.91 Å². The van der Waals surface area contributed by atoms with Crippen molar-refractivity contribution >= 4 is 40.2 Å². The second kappa shape index (κ2) is 3.40. The summed E-state index contributed by atoms with van der Waals surface area (Å²) in [7, 11) is 0. The van der Waals surface area contributed by atoms with Crippen LogP contribution in [0.25, 0.3) is 0 Å². The fourth-order valence-corrected chi connectivity index (χ4v) is 2.25. The third-order valence-electron chi connectivity index (χ3n) is 1.41. The number of hydrogen-bond donors (Lipinski definition) is 1. The molecule has 6 heteroatoms. The molecular formula is C6H7NO3S2. The van der Waals surface area contributed by atoms with E-state index in [0.29, 0.717) is 4.32 Å². The molecule has 0 saturated carbocycles. The average Bonchev–Trinajstić information content (AvgIpc) is 2.16. The number of nitrogens with zero attached hydrogens (tertiary/aromatic N) is 1. The standard InChI is InChI=1S/C6H7NO3S2/c1-3-5(10)7(2-4(8)9)6(11)12-3/h3H,2H2,1H3,(H,8,9). The molecular weight excluding hydrogens is 198 g/mol. The van der Waals surface area contributed by atoms with Crippen molar-refractivity contribution in [3.8, 4) is 0 Å². The summed E-state index contributed by atoms with van der Waals surface area (Å²) >= 11 is 6.04. The molecule has 1 amide bonds. The number of amides is 1. The highest BCUT2D eigenvalue weighted by atomic mass is 32.2. The lowest BCUT2D eigenvalue weighted by molar-refractivity contribution is -0.141. The minimum absolute atomic E-state index is 0.215. The van der Waals surface area contributed by atoms with E-state index in [1.807, 2.05) is 0 Å². The van der Waals surface area contributed by atoms with Crippen molar-refractivity contribution < 1.29 is 14.7 Å². The Morgan fingerprint density at radius 2 is 2.42 bits per heavy atom. The molecule has 1 saturated heterocycles. The SMILES string of the molecule is CC1SC(=S)N(CC(=O)O)C1=O. The lowest BCUT2D eigenvalue weighted by Gasteiger charge is -2.10. The molecule has 1 heterocycles. The summed E-state index contributed by atoms with van der Waals surface area (Å²) in [5.41, 5.74) is 0. The molecule has 0 radical (unpaired) electrons. The Morgan fingerprint density at radius 3 is 2.75 bits per heavy atom. The second-order valence-corrected chi connectivity index (χ2v) is 4.32. The van der Waals surface area contributed by atoms with Crippen molar-refractivity contribution in [3.05, 3.63) is 0 Å². The molecule has 66 valence electrons. The summed E-state index contributed by atoms with van der Waals surface area (Å²) in [6, 6.07) is 0. The first kappa shape index (κ1) is 9.47. The number of carbonyl (C=O) groups is 2. The third kappa shape index (κ3) is 1.75. The molecule has 0 aromatic rings. The quantitative estimate of drug-likeness (QED) is 0.658. The molecule has 0 aromatic heterocycles. The predicted molar refractivity (Wildman–Crippen MR) is 49.0 cm³/mol. The molecule has 4 nitrogen and oxygen atoms in total. The van der Waals surface area contributed by atoms with E-state index in [1.54, 1.807) is 6.92 Å². The van der Waals surface area contributed by atoms with Gasteiger partial charge in [-0.25, -0.2) is 0 Å². The number of aliphatic carboxylic acids is 1. The van der Waals surface area contributed by atoms with Crippen molar-refractivity contribution in [2.45, 2.75) is 12.2 Å². The number of rotatable bonds is 2. The number of carbonyl (C=O) groups excluding carboxylic acids is 1. The van der Waals surface area contributed by atoms with Crippen LogP contribution < -0.4 is 0 Å². The maximum Gasteiger partial charge on any atom is 0.323 e. The monoisotopic (exact) mass is 205 g/mol. The number of carboxylic acid groups (broad SMARTS) is 1. The van der Waals surface area contributed by atoms with E-state index < -0.39 is 5.97 Å². The lowest BCUT2D eigenvalue weighted by atomic mass is 10.4. The summed E-state index contributed by atoms with van der Waals surface area (Å²) in [5, 5.41) is 8.19. The topological polar surface area (TPSA) is 57.6 Å². The van der Waals surface area contributed by atoms with Gasteiger partial charge in [-0.05, 0) is 6.92 Å². The minimum Gasteiger partial charge on any atom is -0.480 e. The van der Waals surface area contributed by atoms with Gasteiger partial charge in [-0.2, -0.15) is 0 Å². The number of thiocarbonyl (C=S) groups is 1. The van der Waals surface area contributed by atoms with Gasteiger partial charge in [0.25, 0.3) is 0 Å². The fourth-order valence-electron chi connectivity index (χ4n) is 0.852. The first-order valence-electron chi connectivity index (χ1n) is 3.26. The fraction of sp³-hybridized carbons (Fsp3) is 0.500. The van der Waals surface area contributed by atoms with E-state index in [0.717, 1.165) is 4.90 Å². The minimum atomic E-state index is -1.04.